The predicted octanol–water partition coefficient (Wildman–Crippen LogP) is 2.84. The van der Waals surface area contributed by atoms with Crippen LogP contribution in [0.4, 0.5) is 0 Å². The van der Waals surface area contributed by atoms with Crippen LogP contribution in [-0.4, -0.2) is 35.6 Å². The van der Waals surface area contributed by atoms with Crippen molar-refractivity contribution in [2.45, 2.75) is 13.3 Å². The lowest BCUT2D eigenvalue weighted by molar-refractivity contribution is 0.0722. The van der Waals surface area contributed by atoms with Gasteiger partial charge in [0.15, 0.2) is 0 Å². The van der Waals surface area contributed by atoms with Crippen LogP contribution in [0.2, 0.25) is 10.0 Å². The maximum Gasteiger partial charge on any atom is 0.256 e. The highest BCUT2D eigenvalue weighted by molar-refractivity contribution is 6.39. The number of carbonyl (C=O) groups excluding carboxylic acids is 1. The van der Waals surface area contributed by atoms with Crippen molar-refractivity contribution >= 4 is 29.1 Å². The van der Waals surface area contributed by atoms with E-state index in [9.17, 15) is 4.79 Å². The van der Waals surface area contributed by atoms with Gasteiger partial charge in [-0.15, -0.1) is 0 Å². The number of rotatable bonds is 5. The first-order valence-corrected chi connectivity index (χ1v) is 6.21. The Hall–Kier alpha value is -0.770. The standard InChI is InChI=1S/C12H15Cl2NO2/c1-2-6-15(7-8-16)12(17)11-9(13)4-3-5-10(11)14/h3-5,16H,2,6-8H2,1H3. The predicted molar refractivity (Wildman–Crippen MR) is 69.7 cm³/mol. The second kappa shape index (κ2) is 6.84. The highest BCUT2D eigenvalue weighted by Gasteiger charge is 2.20. The summed E-state index contributed by atoms with van der Waals surface area (Å²) in [5.74, 6) is -0.239. The number of halogens is 2. The second-order valence-electron chi connectivity index (χ2n) is 3.61. The smallest absolute Gasteiger partial charge is 0.256 e. The van der Waals surface area contributed by atoms with Gasteiger partial charge in [0, 0.05) is 13.1 Å². The zero-order chi connectivity index (χ0) is 12.8. The molecule has 1 rings (SSSR count). The van der Waals surface area contributed by atoms with Gasteiger partial charge in [0.05, 0.1) is 22.2 Å². The first-order valence-electron chi connectivity index (χ1n) is 5.46. The van der Waals surface area contributed by atoms with Crippen molar-refractivity contribution in [3.8, 4) is 0 Å². The average Bonchev–Trinajstić information content (AvgIpc) is 2.28. The Morgan fingerprint density at radius 2 is 1.88 bits per heavy atom. The van der Waals surface area contributed by atoms with Gasteiger partial charge >= 0.3 is 0 Å². The number of hydrogen-bond donors (Lipinski definition) is 1. The minimum atomic E-state index is -0.239. The molecule has 0 radical (unpaired) electrons. The van der Waals surface area contributed by atoms with E-state index in [2.05, 4.69) is 0 Å². The lowest BCUT2D eigenvalue weighted by Crippen LogP contribution is -2.34. The molecule has 0 fully saturated rings. The fraction of sp³-hybridized carbons (Fsp3) is 0.417. The number of hydrogen-bond acceptors (Lipinski definition) is 2. The molecule has 0 aliphatic heterocycles. The molecule has 0 saturated heterocycles. The van der Waals surface area contributed by atoms with E-state index >= 15 is 0 Å². The molecule has 0 atom stereocenters. The van der Waals surface area contributed by atoms with E-state index in [1.54, 1.807) is 23.1 Å². The van der Waals surface area contributed by atoms with Crippen LogP contribution in [0.1, 0.15) is 23.7 Å². The van der Waals surface area contributed by atoms with Crippen molar-refractivity contribution in [2.24, 2.45) is 0 Å². The summed E-state index contributed by atoms with van der Waals surface area (Å²) in [5, 5.41) is 9.61. The Morgan fingerprint density at radius 3 is 2.35 bits per heavy atom. The molecule has 1 aromatic carbocycles. The van der Waals surface area contributed by atoms with E-state index in [4.69, 9.17) is 28.3 Å². The highest BCUT2D eigenvalue weighted by Crippen LogP contribution is 2.25. The molecule has 1 N–H and O–H groups in total. The van der Waals surface area contributed by atoms with Crippen molar-refractivity contribution in [2.75, 3.05) is 19.7 Å². The first-order chi connectivity index (χ1) is 8.11. The molecule has 0 aliphatic rings. The zero-order valence-electron chi connectivity index (χ0n) is 9.62. The summed E-state index contributed by atoms with van der Waals surface area (Å²) in [6.07, 6.45) is 0.813. The molecule has 0 bridgehead atoms. The number of benzene rings is 1. The van der Waals surface area contributed by atoms with Gasteiger partial charge < -0.3 is 10.0 Å². The summed E-state index contributed by atoms with van der Waals surface area (Å²) in [4.78, 5) is 13.8. The molecule has 0 spiro atoms. The first kappa shape index (κ1) is 14.3. The van der Waals surface area contributed by atoms with Crippen molar-refractivity contribution in [3.63, 3.8) is 0 Å². The van der Waals surface area contributed by atoms with E-state index in [1.165, 1.54) is 0 Å². The van der Waals surface area contributed by atoms with Crippen LogP contribution in [-0.2, 0) is 0 Å². The van der Waals surface area contributed by atoms with Crippen molar-refractivity contribution < 1.29 is 9.90 Å². The molecule has 5 heteroatoms. The van der Waals surface area contributed by atoms with Crippen LogP contribution in [0.5, 0.6) is 0 Å². The molecule has 1 aromatic rings. The summed E-state index contributed by atoms with van der Waals surface area (Å²) in [6, 6.07) is 4.95. The van der Waals surface area contributed by atoms with Gasteiger partial charge in [-0.2, -0.15) is 0 Å². The summed E-state index contributed by atoms with van der Waals surface area (Å²) in [5.41, 5.74) is 0.303. The Labute approximate surface area is 111 Å². The third-order valence-corrected chi connectivity index (χ3v) is 2.96. The van der Waals surface area contributed by atoms with Gasteiger partial charge in [-0.05, 0) is 18.6 Å². The number of aliphatic hydroxyl groups excluding tert-OH is 1. The molecule has 0 saturated carbocycles. The third-order valence-electron chi connectivity index (χ3n) is 2.33. The van der Waals surface area contributed by atoms with Gasteiger partial charge in [-0.1, -0.05) is 36.2 Å². The van der Waals surface area contributed by atoms with E-state index in [0.717, 1.165) is 6.42 Å². The Balaban J connectivity index is 3.00. The van der Waals surface area contributed by atoms with Crippen LogP contribution in [0.15, 0.2) is 18.2 Å². The molecule has 0 aliphatic carbocycles. The molecular weight excluding hydrogens is 261 g/mol. The van der Waals surface area contributed by atoms with E-state index in [0.29, 0.717) is 22.2 Å². The van der Waals surface area contributed by atoms with Crippen LogP contribution in [0.3, 0.4) is 0 Å². The fourth-order valence-corrected chi connectivity index (χ4v) is 2.12. The van der Waals surface area contributed by atoms with Gasteiger partial charge in [-0.3, -0.25) is 4.79 Å². The SMILES string of the molecule is CCCN(CCO)C(=O)c1c(Cl)cccc1Cl. The van der Waals surface area contributed by atoms with Crippen LogP contribution < -0.4 is 0 Å². The van der Waals surface area contributed by atoms with Gasteiger partial charge in [0.2, 0.25) is 0 Å². The number of amides is 1. The highest BCUT2D eigenvalue weighted by atomic mass is 35.5. The second-order valence-corrected chi connectivity index (χ2v) is 4.43. The van der Waals surface area contributed by atoms with Crippen LogP contribution in [0.25, 0.3) is 0 Å². The van der Waals surface area contributed by atoms with E-state index in [1.807, 2.05) is 6.92 Å². The van der Waals surface area contributed by atoms with Gasteiger partial charge in [0.1, 0.15) is 0 Å². The number of nitrogens with zero attached hydrogens (tertiary/aromatic N) is 1. The maximum atomic E-state index is 12.2. The molecule has 17 heavy (non-hydrogen) atoms. The summed E-state index contributed by atoms with van der Waals surface area (Å²) in [7, 11) is 0. The zero-order valence-corrected chi connectivity index (χ0v) is 11.1. The quantitative estimate of drug-likeness (QED) is 0.898. The lowest BCUT2D eigenvalue weighted by Gasteiger charge is -2.22. The monoisotopic (exact) mass is 275 g/mol. The van der Waals surface area contributed by atoms with Crippen molar-refractivity contribution in [1.29, 1.82) is 0 Å². The Morgan fingerprint density at radius 1 is 1.29 bits per heavy atom. The normalized spacial score (nSPS) is 10.4. The summed E-state index contributed by atoms with van der Waals surface area (Å²) < 4.78 is 0. The minimum Gasteiger partial charge on any atom is -0.395 e. The molecule has 0 heterocycles. The molecule has 3 nitrogen and oxygen atoms in total. The van der Waals surface area contributed by atoms with Crippen LogP contribution in [0, 0.1) is 0 Å². The topological polar surface area (TPSA) is 40.5 Å². The average molecular weight is 276 g/mol. The fourth-order valence-electron chi connectivity index (χ4n) is 1.57. The Bertz CT molecular complexity index is 370. The Kier molecular flexibility index (Phi) is 5.75. The minimum absolute atomic E-state index is 0.0756. The summed E-state index contributed by atoms with van der Waals surface area (Å²) >= 11 is 11.9. The molecular formula is C12H15Cl2NO2. The van der Waals surface area contributed by atoms with Crippen molar-refractivity contribution in [3.05, 3.63) is 33.8 Å². The molecule has 1 amide bonds. The maximum absolute atomic E-state index is 12.2. The third kappa shape index (κ3) is 3.60. The van der Waals surface area contributed by atoms with E-state index < -0.39 is 0 Å². The van der Waals surface area contributed by atoms with Crippen LogP contribution >= 0.6 is 23.2 Å². The van der Waals surface area contributed by atoms with Gasteiger partial charge in [-0.25, -0.2) is 0 Å². The largest absolute Gasteiger partial charge is 0.395 e. The lowest BCUT2D eigenvalue weighted by atomic mass is 10.2. The molecule has 0 aromatic heterocycles. The van der Waals surface area contributed by atoms with E-state index in [-0.39, 0.29) is 19.1 Å². The summed E-state index contributed by atoms with van der Waals surface area (Å²) in [6.45, 7) is 2.74. The molecule has 0 unspecified atom stereocenters. The number of carbonyl (C=O) groups is 1. The van der Waals surface area contributed by atoms with Crippen molar-refractivity contribution in [1.82, 2.24) is 4.90 Å². The molecule has 94 valence electrons. The number of aliphatic hydroxyl groups is 1. The van der Waals surface area contributed by atoms with Gasteiger partial charge in [0.25, 0.3) is 5.91 Å².